The van der Waals surface area contributed by atoms with Crippen molar-refractivity contribution in [3.8, 4) is 5.75 Å². The predicted octanol–water partition coefficient (Wildman–Crippen LogP) is 3.54. The van der Waals surface area contributed by atoms with Gasteiger partial charge in [0.1, 0.15) is 11.6 Å². The number of hydrogen-bond donors (Lipinski definition) is 2. The Bertz CT molecular complexity index is 575. The van der Waals surface area contributed by atoms with E-state index in [1.54, 1.807) is 6.07 Å². The van der Waals surface area contributed by atoms with Crippen LogP contribution in [0.25, 0.3) is 0 Å². The van der Waals surface area contributed by atoms with Gasteiger partial charge in [-0.2, -0.15) is 0 Å². The van der Waals surface area contributed by atoms with Crippen molar-refractivity contribution in [1.82, 2.24) is 5.43 Å². The molecular weight excluding hydrogens is 323 g/mol. The molecule has 0 amide bonds. The van der Waals surface area contributed by atoms with Crippen molar-refractivity contribution in [2.75, 3.05) is 6.61 Å². The first kappa shape index (κ1) is 15.0. The zero-order chi connectivity index (χ0) is 14.5. The van der Waals surface area contributed by atoms with Gasteiger partial charge < -0.3 is 4.74 Å². The second-order valence-electron chi connectivity index (χ2n) is 4.24. The summed E-state index contributed by atoms with van der Waals surface area (Å²) >= 11 is 3.26. The molecule has 3 nitrogen and oxygen atoms in total. The van der Waals surface area contributed by atoms with E-state index in [2.05, 4.69) is 21.4 Å². The van der Waals surface area contributed by atoms with Gasteiger partial charge in [-0.1, -0.05) is 24.3 Å². The SMILES string of the molecule is CCOc1ccc(C(NN)c2cccc(F)c2Br)cc1. The molecule has 0 saturated carbocycles. The van der Waals surface area contributed by atoms with Crippen molar-refractivity contribution >= 4 is 15.9 Å². The number of hydrogen-bond acceptors (Lipinski definition) is 3. The lowest BCUT2D eigenvalue weighted by atomic mass is 9.99. The third-order valence-electron chi connectivity index (χ3n) is 2.98. The van der Waals surface area contributed by atoms with E-state index in [9.17, 15) is 4.39 Å². The fraction of sp³-hybridized carbons (Fsp3) is 0.200. The fourth-order valence-corrected chi connectivity index (χ4v) is 2.53. The first-order valence-corrected chi connectivity index (χ1v) is 7.09. The minimum atomic E-state index is -0.311. The summed E-state index contributed by atoms with van der Waals surface area (Å²) in [5.74, 6) is 6.11. The molecule has 0 bridgehead atoms. The summed E-state index contributed by atoms with van der Waals surface area (Å²) in [6, 6.07) is 12.2. The molecule has 2 aromatic rings. The van der Waals surface area contributed by atoms with E-state index in [1.807, 2.05) is 37.3 Å². The molecule has 2 rings (SSSR count). The molecule has 0 spiro atoms. The van der Waals surface area contributed by atoms with Crippen LogP contribution in [0.1, 0.15) is 24.1 Å². The van der Waals surface area contributed by atoms with Crippen LogP contribution in [-0.4, -0.2) is 6.61 Å². The molecule has 1 unspecified atom stereocenters. The molecule has 0 aliphatic heterocycles. The van der Waals surface area contributed by atoms with Gasteiger partial charge in [0.05, 0.1) is 17.1 Å². The Morgan fingerprint density at radius 2 is 1.95 bits per heavy atom. The molecule has 0 heterocycles. The molecule has 20 heavy (non-hydrogen) atoms. The number of nitrogens with one attached hydrogen (secondary N) is 1. The van der Waals surface area contributed by atoms with Crippen LogP contribution in [0.5, 0.6) is 5.75 Å². The summed E-state index contributed by atoms with van der Waals surface area (Å²) in [4.78, 5) is 0. The van der Waals surface area contributed by atoms with Gasteiger partial charge in [-0.05, 0) is 52.2 Å². The standard InChI is InChI=1S/C15H16BrFN2O/c1-2-20-11-8-6-10(7-9-11)15(19-18)12-4-3-5-13(17)14(12)16/h3-9,15,19H,2,18H2,1H3. The molecule has 0 aliphatic rings. The van der Waals surface area contributed by atoms with Gasteiger partial charge in [-0.15, -0.1) is 0 Å². The minimum Gasteiger partial charge on any atom is -0.494 e. The lowest BCUT2D eigenvalue weighted by Crippen LogP contribution is -2.29. The van der Waals surface area contributed by atoms with Crippen LogP contribution < -0.4 is 16.0 Å². The van der Waals surface area contributed by atoms with Crippen molar-refractivity contribution in [2.24, 2.45) is 5.84 Å². The Hall–Kier alpha value is -1.43. The summed E-state index contributed by atoms with van der Waals surface area (Å²) in [5.41, 5.74) is 4.40. The molecule has 5 heteroatoms. The van der Waals surface area contributed by atoms with Gasteiger partial charge in [-0.25, -0.2) is 9.82 Å². The molecule has 0 saturated heterocycles. The quantitative estimate of drug-likeness (QED) is 0.647. The number of benzene rings is 2. The monoisotopic (exact) mass is 338 g/mol. The molecule has 0 fully saturated rings. The highest BCUT2D eigenvalue weighted by molar-refractivity contribution is 9.10. The van der Waals surface area contributed by atoms with Crippen molar-refractivity contribution in [1.29, 1.82) is 0 Å². The van der Waals surface area contributed by atoms with Gasteiger partial charge in [0, 0.05) is 0 Å². The molecule has 106 valence electrons. The molecule has 1 atom stereocenters. The predicted molar refractivity (Wildman–Crippen MR) is 80.9 cm³/mol. The topological polar surface area (TPSA) is 47.3 Å². The van der Waals surface area contributed by atoms with Crippen molar-refractivity contribution in [2.45, 2.75) is 13.0 Å². The average molecular weight is 339 g/mol. The highest BCUT2D eigenvalue weighted by atomic mass is 79.9. The second kappa shape index (κ2) is 6.83. The Morgan fingerprint density at radius 1 is 1.25 bits per heavy atom. The highest BCUT2D eigenvalue weighted by Gasteiger charge is 2.17. The van der Waals surface area contributed by atoms with Gasteiger partial charge in [0.15, 0.2) is 0 Å². The van der Waals surface area contributed by atoms with Crippen LogP contribution in [0.15, 0.2) is 46.9 Å². The van der Waals surface area contributed by atoms with Crippen LogP contribution in [0, 0.1) is 5.82 Å². The maximum Gasteiger partial charge on any atom is 0.137 e. The summed E-state index contributed by atoms with van der Waals surface area (Å²) in [5, 5.41) is 0. The van der Waals surface area contributed by atoms with Crippen LogP contribution in [-0.2, 0) is 0 Å². The van der Waals surface area contributed by atoms with E-state index in [4.69, 9.17) is 10.6 Å². The fourth-order valence-electron chi connectivity index (χ4n) is 2.03. The van der Waals surface area contributed by atoms with Crippen LogP contribution in [0.3, 0.4) is 0 Å². The molecule has 0 radical (unpaired) electrons. The van der Waals surface area contributed by atoms with Crippen LogP contribution >= 0.6 is 15.9 Å². The second-order valence-corrected chi connectivity index (χ2v) is 5.04. The highest BCUT2D eigenvalue weighted by Crippen LogP contribution is 2.30. The van der Waals surface area contributed by atoms with E-state index in [-0.39, 0.29) is 11.9 Å². The van der Waals surface area contributed by atoms with E-state index < -0.39 is 0 Å². The summed E-state index contributed by atoms with van der Waals surface area (Å²) < 4.78 is 19.4. The van der Waals surface area contributed by atoms with E-state index in [1.165, 1.54) is 6.07 Å². The smallest absolute Gasteiger partial charge is 0.137 e. The van der Waals surface area contributed by atoms with E-state index in [0.717, 1.165) is 16.9 Å². The zero-order valence-electron chi connectivity index (χ0n) is 11.1. The Balaban J connectivity index is 2.34. The van der Waals surface area contributed by atoms with Gasteiger partial charge in [-0.3, -0.25) is 5.84 Å². The molecule has 2 aromatic carbocycles. The van der Waals surface area contributed by atoms with Gasteiger partial charge in [0.25, 0.3) is 0 Å². The number of rotatable bonds is 5. The van der Waals surface area contributed by atoms with Crippen molar-refractivity contribution in [3.05, 3.63) is 63.9 Å². The largest absolute Gasteiger partial charge is 0.494 e. The lowest BCUT2D eigenvalue weighted by molar-refractivity contribution is 0.340. The Kier molecular flexibility index (Phi) is 5.11. The maximum atomic E-state index is 13.6. The zero-order valence-corrected chi connectivity index (χ0v) is 12.7. The Labute approximate surface area is 126 Å². The van der Waals surface area contributed by atoms with E-state index in [0.29, 0.717) is 11.1 Å². The van der Waals surface area contributed by atoms with Gasteiger partial charge in [0.2, 0.25) is 0 Å². The number of nitrogens with two attached hydrogens (primary N) is 1. The van der Waals surface area contributed by atoms with E-state index >= 15 is 0 Å². The Morgan fingerprint density at radius 3 is 2.55 bits per heavy atom. The third kappa shape index (κ3) is 3.17. The number of hydrazine groups is 1. The lowest BCUT2D eigenvalue weighted by Gasteiger charge is -2.19. The normalized spacial score (nSPS) is 12.2. The van der Waals surface area contributed by atoms with Crippen molar-refractivity contribution in [3.63, 3.8) is 0 Å². The number of ether oxygens (including phenoxy) is 1. The van der Waals surface area contributed by atoms with Crippen LogP contribution in [0.4, 0.5) is 4.39 Å². The minimum absolute atomic E-state index is 0.296. The first-order valence-electron chi connectivity index (χ1n) is 6.30. The maximum absolute atomic E-state index is 13.6. The summed E-state index contributed by atoms with van der Waals surface area (Å²) in [7, 11) is 0. The first-order chi connectivity index (χ1) is 9.67. The summed E-state index contributed by atoms with van der Waals surface area (Å²) in [6.07, 6.45) is 0. The van der Waals surface area contributed by atoms with Crippen LogP contribution in [0.2, 0.25) is 0 Å². The number of halogens is 2. The molecule has 0 aromatic heterocycles. The molecule has 3 N–H and O–H groups in total. The average Bonchev–Trinajstić information content (AvgIpc) is 2.46. The van der Waals surface area contributed by atoms with Gasteiger partial charge >= 0.3 is 0 Å². The summed E-state index contributed by atoms with van der Waals surface area (Å²) in [6.45, 7) is 2.55. The molecule has 0 aliphatic carbocycles. The van der Waals surface area contributed by atoms with Crippen molar-refractivity contribution < 1.29 is 9.13 Å². The molecular formula is C15H16BrFN2O. The third-order valence-corrected chi connectivity index (χ3v) is 3.82.